The Labute approximate surface area is 225 Å². The molecule has 1 aromatic heterocycles. The number of benzene rings is 3. The minimum Gasteiger partial charge on any atom is -0.494 e. The Morgan fingerprint density at radius 1 is 0.974 bits per heavy atom. The normalized spacial score (nSPS) is 14.7. The molecule has 0 saturated carbocycles. The number of piperidine rings is 1. The highest BCUT2D eigenvalue weighted by Gasteiger charge is 2.21. The highest BCUT2D eigenvalue weighted by molar-refractivity contribution is 6.36. The summed E-state index contributed by atoms with van der Waals surface area (Å²) < 4.78 is 30.9. The Balaban J connectivity index is 1.22. The molecular formula is C30H28ClF2N3O2. The molecule has 0 atom stereocenters. The van der Waals surface area contributed by atoms with Crippen LogP contribution >= 0.6 is 11.6 Å². The first-order valence-corrected chi connectivity index (χ1v) is 13.0. The summed E-state index contributed by atoms with van der Waals surface area (Å²) in [7, 11) is 0. The fraction of sp³-hybridized carbons (Fsp3) is 0.300. The number of rotatable bonds is 8. The van der Waals surface area contributed by atoms with Crippen LogP contribution in [-0.2, 0) is 19.5 Å². The molecule has 0 amide bonds. The molecule has 8 heteroatoms. The van der Waals surface area contributed by atoms with Gasteiger partial charge in [0.15, 0.2) is 0 Å². The van der Waals surface area contributed by atoms with Crippen molar-refractivity contribution in [2.24, 2.45) is 5.92 Å². The first-order chi connectivity index (χ1) is 18.4. The van der Waals surface area contributed by atoms with Gasteiger partial charge in [-0.3, -0.25) is 4.90 Å². The van der Waals surface area contributed by atoms with E-state index in [1.165, 1.54) is 17.7 Å². The van der Waals surface area contributed by atoms with Crippen molar-refractivity contribution in [1.29, 1.82) is 5.26 Å². The van der Waals surface area contributed by atoms with Crippen LogP contribution in [0.5, 0.6) is 11.6 Å². The SMILES string of the molecule is N#Cc1ccc(CN2CCC(Cc3cc(Cl)c4c(O)n(Cc5ccc(OC(F)F)cc5)cc4c3)CC2)cc1. The van der Waals surface area contributed by atoms with Crippen LogP contribution in [0.1, 0.15) is 35.1 Å². The van der Waals surface area contributed by atoms with Gasteiger partial charge in [0, 0.05) is 18.1 Å². The lowest BCUT2D eigenvalue weighted by molar-refractivity contribution is -0.0498. The van der Waals surface area contributed by atoms with E-state index in [1.54, 1.807) is 16.7 Å². The summed E-state index contributed by atoms with van der Waals surface area (Å²) in [4.78, 5) is 2.46. The molecule has 38 heavy (non-hydrogen) atoms. The van der Waals surface area contributed by atoms with E-state index in [0.29, 0.717) is 28.4 Å². The molecule has 2 heterocycles. The number of alkyl halides is 2. The molecule has 1 aliphatic rings. The third kappa shape index (κ3) is 6.09. The van der Waals surface area contributed by atoms with Crippen molar-refractivity contribution in [3.05, 3.63) is 94.1 Å². The second-order valence-corrected chi connectivity index (χ2v) is 10.3. The van der Waals surface area contributed by atoms with E-state index in [4.69, 9.17) is 16.9 Å². The molecule has 4 aromatic rings. The van der Waals surface area contributed by atoms with Crippen LogP contribution in [0, 0.1) is 17.2 Å². The third-order valence-electron chi connectivity index (χ3n) is 7.19. The Morgan fingerprint density at radius 2 is 1.63 bits per heavy atom. The zero-order valence-corrected chi connectivity index (χ0v) is 21.5. The first-order valence-electron chi connectivity index (χ1n) is 12.6. The van der Waals surface area contributed by atoms with E-state index in [1.807, 2.05) is 36.5 Å². The van der Waals surface area contributed by atoms with Gasteiger partial charge in [-0.15, -0.1) is 0 Å². The van der Waals surface area contributed by atoms with Gasteiger partial charge in [-0.1, -0.05) is 35.9 Å². The molecule has 5 nitrogen and oxygen atoms in total. The van der Waals surface area contributed by atoms with Gasteiger partial charge in [-0.2, -0.15) is 14.0 Å². The topological polar surface area (TPSA) is 61.4 Å². The molecule has 1 aliphatic heterocycles. The number of nitrogens with zero attached hydrogens (tertiary/aromatic N) is 3. The number of likely N-dealkylation sites (tertiary alicyclic amines) is 1. The van der Waals surface area contributed by atoms with Gasteiger partial charge in [0.05, 0.1) is 28.6 Å². The molecular weight excluding hydrogens is 508 g/mol. The number of aromatic nitrogens is 1. The quantitative estimate of drug-likeness (QED) is 0.264. The van der Waals surface area contributed by atoms with Crippen molar-refractivity contribution >= 4 is 22.4 Å². The standard InChI is InChI=1S/C30H28ClF2N3O2/c31-27-15-24(13-20-9-11-35(12-10-20)17-22-3-1-21(16-34)2-4-22)14-25-19-36(29(37)28(25)27)18-23-5-7-26(8-6-23)38-30(32)33/h1-8,14-15,19-20,30,37H,9-13,17-18H2. The summed E-state index contributed by atoms with van der Waals surface area (Å²) >= 11 is 6.62. The van der Waals surface area contributed by atoms with E-state index in [-0.39, 0.29) is 11.6 Å². The predicted octanol–water partition coefficient (Wildman–Crippen LogP) is 6.98. The number of fused-ring (bicyclic) bond motifs is 1. The molecule has 1 fully saturated rings. The summed E-state index contributed by atoms with van der Waals surface area (Å²) in [6, 6.07) is 20.4. The van der Waals surface area contributed by atoms with E-state index >= 15 is 0 Å². The zero-order chi connectivity index (χ0) is 26.6. The maximum atomic E-state index is 12.4. The number of halogens is 3. The molecule has 0 radical (unpaired) electrons. The lowest BCUT2D eigenvalue weighted by atomic mass is 9.89. The molecule has 0 spiro atoms. The van der Waals surface area contributed by atoms with Gasteiger partial charge in [0.1, 0.15) is 5.75 Å². The lowest BCUT2D eigenvalue weighted by Gasteiger charge is -2.32. The lowest BCUT2D eigenvalue weighted by Crippen LogP contribution is -2.33. The van der Waals surface area contributed by atoms with Gasteiger partial charge in [0.2, 0.25) is 5.88 Å². The first kappa shape index (κ1) is 26.0. The molecule has 3 aromatic carbocycles. The van der Waals surface area contributed by atoms with Crippen molar-refractivity contribution in [3.63, 3.8) is 0 Å². The molecule has 1 saturated heterocycles. The molecule has 0 unspecified atom stereocenters. The molecule has 196 valence electrons. The van der Waals surface area contributed by atoms with Gasteiger partial charge in [-0.25, -0.2) is 0 Å². The number of aromatic hydroxyl groups is 1. The minimum absolute atomic E-state index is 0.0839. The van der Waals surface area contributed by atoms with Crippen molar-refractivity contribution in [2.75, 3.05) is 13.1 Å². The maximum absolute atomic E-state index is 12.4. The van der Waals surface area contributed by atoms with Gasteiger partial charge in [0.25, 0.3) is 0 Å². The van der Waals surface area contributed by atoms with E-state index in [0.717, 1.165) is 55.4 Å². The van der Waals surface area contributed by atoms with Gasteiger partial charge < -0.3 is 14.4 Å². The Hall–Kier alpha value is -3.60. The zero-order valence-electron chi connectivity index (χ0n) is 20.8. The highest BCUT2D eigenvalue weighted by atomic mass is 35.5. The van der Waals surface area contributed by atoms with Crippen LogP contribution in [-0.4, -0.2) is 34.3 Å². The number of hydrogen-bond donors (Lipinski definition) is 1. The van der Waals surface area contributed by atoms with Crippen LogP contribution < -0.4 is 4.74 Å². The van der Waals surface area contributed by atoms with Gasteiger partial charge >= 0.3 is 6.61 Å². The highest BCUT2D eigenvalue weighted by Crippen LogP contribution is 2.36. The van der Waals surface area contributed by atoms with Crippen LogP contribution in [0.15, 0.2) is 66.9 Å². The molecule has 5 rings (SSSR count). The summed E-state index contributed by atoms with van der Waals surface area (Å²) in [5.41, 5.74) is 3.90. The summed E-state index contributed by atoms with van der Waals surface area (Å²) in [5, 5.41) is 21.8. The smallest absolute Gasteiger partial charge is 0.387 e. The number of ether oxygens (including phenoxy) is 1. The summed E-state index contributed by atoms with van der Waals surface area (Å²) in [5.74, 6) is 0.740. The van der Waals surface area contributed by atoms with Crippen molar-refractivity contribution in [2.45, 2.75) is 39.0 Å². The van der Waals surface area contributed by atoms with E-state index < -0.39 is 6.61 Å². The van der Waals surface area contributed by atoms with Crippen LogP contribution in [0.3, 0.4) is 0 Å². The molecule has 0 aliphatic carbocycles. The van der Waals surface area contributed by atoms with Gasteiger partial charge in [-0.05, 0) is 91.4 Å². The Kier molecular flexibility index (Phi) is 7.82. The van der Waals surface area contributed by atoms with Crippen molar-refractivity contribution in [1.82, 2.24) is 9.47 Å². The van der Waals surface area contributed by atoms with E-state index in [9.17, 15) is 13.9 Å². The second-order valence-electron chi connectivity index (χ2n) is 9.88. The van der Waals surface area contributed by atoms with Crippen molar-refractivity contribution in [3.8, 4) is 17.7 Å². The molecule has 0 bridgehead atoms. The van der Waals surface area contributed by atoms with Crippen LogP contribution in [0.25, 0.3) is 10.8 Å². The van der Waals surface area contributed by atoms with Crippen LogP contribution in [0.2, 0.25) is 5.02 Å². The molecule has 1 N–H and O–H groups in total. The monoisotopic (exact) mass is 535 g/mol. The Bertz CT molecular complexity index is 1440. The maximum Gasteiger partial charge on any atom is 0.387 e. The average Bonchev–Trinajstić information content (AvgIpc) is 3.21. The predicted molar refractivity (Wildman–Crippen MR) is 144 cm³/mol. The summed E-state index contributed by atoms with van der Waals surface area (Å²) in [6.45, 7) is 0.458. The Morgan fingerprint density at radius 3 is 2.29 bits per heavy atom. The fourth-order valence-electron chi connectivity index (χ4n) is 5.23. The third-order valence-corrected chi connectivity index (χ3v) is 7.49. The minimum atomic E-state index is -2.86. The number of nitriles is 1. The van der Waals surface area contributed by atoms with Crippen molar-refractivity contribution < 1.29 is 18.6 Å². The van der Waals surface area contributed by atoms with E-state index in [2.05, 4.69) is 21.8 Å². The van der Waals surface area contributed by atoms with Crippen LogP contribution in [0.4, 0.5) is 8.78 Å². The average molecular weight is 536 g/mol. The second kappa shape index (κ2) is 11.4. The fourth-order valence-corrected chi connectivity index (χ4v) is 5.57. The number of hydrogen-bond acceptors (Lipinski definition) is 4. The summed E-state index contributed by atoms with van der Waals surface area (Å²) in [6.07, 6.45) is 5.01. The largest absolute Gasteiger partial charge is 0.494 e.